The summed E-state index contributed by atoms with van der Waals surface area (Å²) in [5, 5.41) is 3.16. The van der Waals surface area contributed by atoms with Crippen LogP contribution in [-0.2, 0) is 5.67 Å². The quantitative estimate of drug-likeness (QED) is 0.793. The van der Waals surface area contributed by atoms with E-state index in [2.05, 4.69) is 5.32 Å². The minimum absolute atomic E-state index is 0.0476. The Balaban J connectivity index is 2.37. The number of hydrogen-bond acceptors (Lipinski definition) is 2. The van der Waals surface area contributed by atoms with E-state index in [1.54, 1.807) is 31.2 Å². The van der Waals surface area contributed by atoms with Crippen molar-refractivity contribution in [1.29, 1.82) is 0 Å². The Morgan fingerprint density at radius 2 is 2.25 bits per heavy atom. The fourth-order valence-corrected chi connectivity index (χ4v) is 2.38. The Morgan fingerprint density at radius 3 is 2.88 bits per heavy atom. The molecule has 1 aliphatic rings. The first-order chi connectivity index (χ1) is 7.66. The number of benzene rings is 1. The van der Waals surface area contributed by atoms with E-state index in [-0.39, 0.29) is 5.92 Å². The van der Waals surface area contributed by atoms with Gasteiger partial charge in [-0.15, -0.1) is 0 Å². The molecule has 0 amide bonds. The van der Waals surface area contributed by atoms with Crippen molar-refractivity contribution in [3.05, 3.63) is 35.4 Å². The van der Waals surface area contributed by atoms with Crippen LogP contribution < -0.4 is 5.32 Å². The second-order valence-corrected chi connectivity index (χ2v) is 4.47. The molecule has 2 atom stereocenters. The maximum atomic E-state index is 14.8. The second kappa shape index (κ2) is 4.34. The summed E-state index contributed by atoms with van der Waals surface area (Å²) in [6, 6.07) is 6.92. The highest BCUT2D eigenvalue weighted by molar-refractivity contribution is 5.77. The highest BCUT2D eigenvalue weighted by Gasteiger charge is 2.38. The van der Waals surface area contributed by atoms with Crippen molar-refractivity contribution < 1.29 is 9.18 Å². The topological polar surface area (TPSA) is 29.1 Å². The third-order valence-corrected chi connectivity index (χ3v) is 3.44. The van der Waals surface area contributed by atoms with Gasteiger partial charge >= 0.3 is 0 Å². The summed E-state index contributed by atoms with van der Waals surface area (Å²) in [7, 11) is 0. The van der Waals surface area contributed by atoms with Crippen LogP contribution in [0.5, 0.6) is 0 Å². The number of aldehydes is 1. The van der Waals surface area contributed by atoms with E-state index in [1.165, 1.54) is 0 Å². The monoisotopic (exact) mass is 221 g/mol. The number of alkyl halides is 1. The lowest BCUT2D eigenvalue weighted by molar-refractivity contribution is 0.104. The molecule has 0 spiro atoms. The average Bonchev–Trinajstić information content (AvgIpc) is 2.83. The van der Waals surface area contributed by atoms with Crippen LogP contribution in [-0.4, -0.2) is 19.4 Å². The van der Waals surface area contributed by atoms with Crippen LogP contribution >= 0.6 is 0 Å². The zero-order valence-corrected chi connectivity index (χ0v) is 9.37. The fourth-order valence-electron chi connectivity index (χ4n) is 2.38. The highest BCUT2D eigenvalue weighted by Crippen LogP contribution is 2.38. The smallest absolute Gasteiger partial charge is 0.150 e. The number of nitrogens with one attached hydrogen (secondary N) is 1. The molecule has 1 saturated heterocycles. The molecule has 2 unspecified atom stereocenters. The van der Waals surface area contributed by atoms with Crippen LogP contribution in [0.15, 0.2) is 24.3 Å². The van der Waals surface area contributed by atoms with E-state index in [9.17, 15) is 9.18 Å². The summed E-state index contributed by atoms with van der Waals surface area (Å²) >= 11 is 0. The first-order valence-corrected chi connectivity index (χ1v) is 5.60. The molecule has 2 rings (SSSR count). The minimum atomic E-state index is -1.43. The fraction of sp³-hybridized carbons (Fsp3) is 0.462. The Morgan fingerprint density at radius 1 is 1.50 bits per heavy atom. The standard InChI is InChI=1S/C13H16FNO/c1-13(14,11-6-7-15-8-11)12-5-3-2-4-10(12)9-16/h2-5,9,11,15H,6-8H2,1H3. The van der Waals surface area contributed by atoms with Gasteiger partial charge in [0.05, 0.1) is 0 Å². The van der Waals surface area contributed by atoms with Crippen LogP contribution in [0.1, 0.15) is 29.3 Å². The molecule has 0 aromatic heterocycles. The summed E-state index contributed by atoms with van der Waals surface area (Å²) in [4.78, 5) is 10.9. The molecular formula is C13H16FNO. The number of carbonyl (C=O) groups is 1. The van der Waals surface area contributed by atoms with E-state index in [1.807, 2.05) is 0 Å². The number of hydrogen-bond donors (Lipinski definition) is 1. The maximum Gasteiger partial charge on any atom is 0.150 e. The van der Waals surface area contributed by atoms with Gasteiger partial charge in [-0.2, -0.15) is 0 Å². The molecule has 1 heterocycles. The predicted molar refractivity (Wildman–Crippen MR) is 61.3 cm³/mol. The number of halogens is 1. The van der Waals surface area contributed by atoms with Gasteiger partial charge < -0.3 is 5.32 Å². The van der Waals surface area contributed by atoms with E-state index in [4.69, 9.17) is 0 Å². The van der Waals surface area contributed by atoms with E-state index in [0.29, 0.717) is 17.7 Å². The molecule has 16 heavy (non-hydrogen) atoms. The first kappa shape index (κ1) is 11.3. The SMILES string of the molecule is CC(F)(c1ccccc1C=O)C1CCNC1. The molecule has 3 heteroatoms. The van der Waals surface area contributed by atoms with Gasteiger partial charge in [0, 0.05) is 18.0 Å². The predicted octanol–water partition coefficient (Wildman–Crippen LogP) is 2.29. The molecule has 1 aromatic carbocycles. The van der Waals surface area contributed by atoms with Gasteiger partial charge in [0.1, 0.15) is 12.0 Å². The number of rotatable bonds is 3. The minimum Gasteiger partial charge on any atom is -0.316 e. The van der Waals surface area contributed by atoms with Gasteiger partial charge in [-0.1, -0.05) is 24.3 Å². The van der Waals surface area contributed by atoms with E-state index >= 15 is 0 Å². The van der Waals surface area contributed by atoms with Gasteiger partial charge in [-0.05, 0) is 25.5 Å². The number of carbonyl (C=O) groups excluding carboxylic acids is 1. The Bertz CT molecular complexity index is 383. The van der Waals surface area contributed by atoms with Crippen molar-refractivity contribution in [2.75, 3.05) is 13.1 Å². The molecule has 1 N–H and O–H groups in total. The average molecular weight is 221 g/mol. The van der Waals surface area contributed by atoms with Crippen LogP contribution in [0.2, 0.25) is 0 Å². The van der Waals surface area contributed by atoms with Gasteiger partial charge in [0.25, 0.3) is 0 Å². The van der Waals surface area contributed by atoms with Crippen LogP contribution in [0.3, 0.4) is 0 Å². The largest absolute Gasteiger partial charge is 0.316 e. The summed E-state index contributed by atoms with van der Waals surface area (Å²) < 4.78 is 14.8. The molecule has 0 radical (unpaired) electrons. The molecule has 1 aromatic rings. The zero-order valence-electron chi connectivity index (χ0n) is 9.37. The third kappa shape index (κ3) is 1.87. The second-order valence-electron chi connectivity index (χ2n) is 4.47. The highest BCUT2D eigenvalue weighted by atomic mass is 19.1. The third-order valence-electron chi connectivity index (χ3n) is 3.44. The molecule has 0 saturated carbocycles. The molecule has 2 nitrogen and oxygen atoms in total. The molecule has 1 fully saturated rings. The van der Waals surface area contributed by atoms with Crippen molar-refractivity contribution in [2.45, 2.75) is 19.0 Å². The van der Waals surface area contributed by atoms with E-state index in [0.717, 1.165) is 19.3 Å². The molecule has 1 aliphatic heterocycles. The molecular weight excluding hydrogens is 205 g/mol. The van der Waals surface area contributed by atoms with Gasteiger partial charge in [-0.3, -0.25) is 4.79 Å². The lowest BCUT2D eigenvalue weighted by atomic mass is 9.82. The Hall–Kier alpha value is -1.22. The lowest BCUT2D eigenvalue weighted by Gasteiger charge is -2.28. The maximum absolute atomic E-state index is 14.8. The normalized spacial score (nSPS) is 24.0. The summed E-state index contributed by atoms with van der Waals surface area (Å²) in [6.45, 7) is 3.11. The van der Waals surface area contributed by atoms with E-state index < -0.39 is 5.67 Å². The van der Waals surface area contributed by atoms with Crippen molar-refractivity contribution in [3.63, 3.8) is 0 Å². The zero-order chi connectivity index (χ0) is 11.6. The van der Waals surface area contributed by atoms with Gasteiger partial charge in [0.15, 0.2) is 0 Å². The van der Waals surface area contributed by atoms with Crippen LogP contribution in [0.4, 0.5) is 4.39 Å². The van der Waals surface area contributed by atoms with Gasteiger partial charge in [-0.25, -0.2) is 4.39 Å². The van der Waals surface area contributed by atoms with Crippen LogP contribution in [0, 0.1) is 5.92 Å². The first-order valence-electron chi connectivity index (χ1n) is 5.60. The Labute approximate surface area is 94.9 Å². The van der Waals surface area contributed by atoms with Crippen molar-refractivity contribution in [3.8, 4) is 0 Å². The summed E-state index contributed by atoms with van der Waals surface area (Å²) in [5.41, 5.74) is -0.459. The lowest BCUT2D eigenvalue weighted by Crippen LogP contribution is -2.30. The van der Waals surface area contributed by atoms with Crippen molar-refractivity contribution >= 4 is 6.29 Å². The molecule has 0 bridgehead atoms. The summed E-state index contributed by atoms with van der Waals surface area (Å²) in [6.07, 6.45) is 1.55. The van der Waals surface area contributed by atoms with Gasteiger partial charge in [0.2, 0.25) is 0 Å². The van der Waals surface area contributed by atoms with Crippen molar-refractivity contribution in [2.24, 2.45) is 5.92 Å². The molecule has 0 aliphatic carbocycles. The van der Waals surface area contributed by atoms with Crippen molar-refractivity contribution in [1.82, 2.24) is 5.32 Å². The molecule has 86 valence electrons. The van der Waals surface area contributed by atoms with Crippen LogP contribution in [0.25, 0.3) is 0 Å². The summed E-state index contributed by atoms with van der Waals surface area (Å²) in [5.74, 6) is -0.0476. The Kier molecular flexibility index (Phi) is 3.06.